The highest BCUT2D eigenvalue weighted by Crippen LogP contribution is 2.20. The van der Waals surface area contributed by atoms with Gasteiger partial charge >= 0.3 is 0 Å². The van der Waals surface area contributed by atoms with Crippen LogP contribution in [-0.4, -0.2) is 29.8 Å². The number of nitrogens with one attached hydrogen (secondary N) is 1. The Morgan fingerprint density at radius 1 is 1.37 bits per heavy atom. The summed E-state index contributed by atoms with van der Waals surface area (Å²) < 4.78 is 10.4. The average Bonchev–Trinajstić information content (AvgIpc) is 3.11. The quantitative estimate of drug-likeness (QED) is 0.910. The Morgan fingerprint density at radius 3 is 2.89 bits per heavy atom. The highest BCUT2D eigenvalue weighted by molar-refractivity contribution is 5.55. The fourth-order valence-electron chi connectivity index (χ4n) is 2.34. The lowest BCUT2D eigenvalue weighted by Crippen LogP contribution is -2.23. The van der Waals surface area contributed by atoms with Gasteiger partial charge in [0, 0.05) is 18.0 Å². The largest absolute Gasteiger partial charge is 0.497 e. The molecule has 1 N–H and O–H groups in total. The van der Waals surface area contributed by atoms with Crippen LogP contribution in [0.2, 0.25) is 0 Å². The first-order valence-corrected chi connectivity index (χ1v) is 6.55. The second-order valence-corrected chi connectivity index (χ2v) is 4.74. The second-order valence-electron chi connectivity index (χ2n) is 4.74. The number of ether oxygens (including phenoxy) is 1. The molecule has 0 aliphatic carbocycles. The van der Waals surface area contributed by atoms with Gasteiger partial charge in [0.1, 0.15) is 5.75 Å². The molecule has 0 spiro atoms. The van der Waals surface area contributed by atoms with Crippen molar-refractivity contribution >= 4 is 0 Å². The van der Waals surface area contributed by atoms with Crippen LogP contribution in [0.1, 0.15) is 18.7 Å². The summed E-state index contributed by atoms with van der Waals surface area (Å²) >= 11 is 0. The van der Waals surface area contributed by atoms with Crippen molar-refractivity contribution in [2.75, 3.05) is 13.7 Å². The normalized spacial score (nSPS) is 18.7. The molecule has 1 aliphatic rings. The molecule has 19 heavy (non-hydrogen) atoms. The number of hydrogen-bond donors (Lipinski definition) is 1. The predicted octanol–water partition coefficient (Wildman–Crippen LogP) is 2.04. The third kappa shape index (κ3) is 2.76. The van der Waals surface area contributed by atoms with Crippen molar-refractivity contribution in [3.05, 3.63) is 30.2 Å². The maximum atomic E-state index is 5.31. The molecule has 1 atom stereocenters. The molecule has 100 valence electrons. The van der Waals surface area contributed by atoms with Crippen LogP contribution < -0.4 is 10.1 Å². The summed E-state index contributed by atoms with van der Waals surface area (Å²) in [5, 5.41) is 7.45. The van der Waals surface area contributed by atoms with Crippen LogP contribution in [-0.2, 0) is 6.42 Å². The average molecular weight is 259 g/mol. The van der Waals surface area contributed by atoms with E-state index in [2.05, 4.69) is 15.5 Å². The van der Waals surface area contributed by atoms with Crippen LogP contribution in [0.15, 0.2) is 28.8 Å². The monoisotopic (exact) mass is 259 g/mol. The maximum absolute atomic E-state index is 5.31. The number of hydrogen-bond acceptors (Lipinski definition) is 5. The lowest BCUT2D eigenvalue weighted by Gasteiger charge is -2.04. The van der Waals surface area contributed by atoms with E-state index in [9.17, 15) is 0 Å². The molecule has 5 nitrogen and oxygen atoms in total. The number of benzene rings is 1. The van der Waals surface area contributed by atoms with Gasteiger partial charge in [-0.15, -0.1) is 0 Å². The minimum Gasteiger partial charge on any atom is -0.497 e. The minimum absolute atomic E-state index is 0.476. The maximum Gasteiger partial charge on any atom is 0.228 e. The van der Waals surface area contributed by atoms with E-state index in [1.807, 2.05) is 24.3 Å². The summed E-state index contributed by atoms with van der Waals surface area (Å²) in [6.45, 7) is 1.09. The summed E-state index contributed by atoms with van der Waals surface area (Å²) in [7, 11) is 1.65. The molecule has 0 radical (unpaired) electrons. The molecule has 0 bridgehead atoms. The molecule has 1 aliphatic heterocycles. The van der Waals surface area contributed by atoms with Gasteiger partial charge in [0.2, 0.25) is 11.7 Å². The summed E-state index contributed by atoms with van der Waals surface area (Å²) in [5.41, 5.74) is 0.940. The van der Waals surface area contributed by atoms with Crippen LogP contribution >= 0.6 is 0 Å². The molecule has 1 unspecified atom stereocenters. The van der Waals surface area contributed by atoms with Crippen molar-refractivity contribution in [2.45, 2.75) is 25.3 Å². The van der Waals surface area contributed by atoms with Crippen LogP contribution in [0, 0.1) is 0 Å². The first-order chi connectivity index (χ1) is 9.35. The molecular formula is C14H17N3O2. The van der Waals surface area contributed by atoms with Gasteiger partial charge < -0.3 is 14.6 Å². The lowest BCUT2D eigenvalue weighted by atomic mass is 10.1. The van der Waals surface area contributed by atoms with E-state index in [1.165, 1.54) is 12.8 Å². The van der Waals surface area contributed by atoms with E-state index in [0.717, 1.165) is 24.3 Å². The second kappa shape index (κ2) is 5.40. The van der Waals surface area contributed by atoms with Crippen molar-refractivity contribution in [1.82, 2.24) is 15.5 Å². The summed E-state index contributed by atoms with van der Waals surface area (Å²) in [5.74, 6) is 2.16. The van der Waals surface area contributed by atoms with E-state index in [4.69, 9.17) is 9.26 Å². The Kier molecular flexibility index (Phi) is 3.46. The van der Waals surface area contributed by atoms with Gasteiger partial charge in [0.25, 0.3) is 0 Å². The van der Waals surface area contributed by atoms with E-state index in [-0.39, 0.29) is 0 Å². The molecule has 1 saturated heterocycles. The number of methoxy groups -OCH3 is 1. The molecule has 2 aromatic rings. The van der Waals surface area contributed by atoms with E-state index in [1.54, 1.807) is 7.11 Å². The molecule has 2 heterocycles. The molecule has 3 rings (SSSR count). The molecule has 0 saturated carbocycles. The van der Waals surface area contributed by atoms with Gasteiger partial charge in [0.15, 0.2) is 0 Å². The zero-order chi connectivity index (χ0) is 13.1. The van der Waals surface area contributed by atoms with Crippen molar-refractivity contribution in [1.29, 1.82) is 0 Å². The minimum atomic E-state index is 0.476. The zero-order valence-electron chi connectivity index (χ0n) is 10.9. The Hall–Kier alpha value is -1.88. The highest BCUT2D eigenvalue weighted by atomic mass is 16.5. The number of nitrogens with zero attached hydrogens (tertiary/aromatic N) is 2. The zero-order valence-corrected chi connectivity index (χ0v) is 10.9. The third-order valence-electron chi connectivity index (χ3n) is 3.40. The summed E-state index contributed by atoms with van der Waals surface area (Å²) in [4.78, 5) is 4.44. The Balaban J connectivity index is 1.72. The standard InChI is InChI=1S/C14H17N3O2/c1-18-12-6-4-10(5-7-12)14-16-13(19-17-14)9-11-3-2-8-15-11/h4-7,11,15H,2-3,8-9H2,1H3. The summed E-state index contributed by atoms with van der Waals surface area (Å²) in [6.07, 6.45) is 3.22. The fraction of sp³-hybridized carbons (Fsp3) is 0.429. The molecule has 5 heteroatoms. The molecule has 1 fully saturated rings. The molecule has 1 aromatic heterocycles. The number of aromatic nitrogens is 2. The van der Waals surface area contributed by atoms with Crippen LogP contribution in [0.5, 0.6) is 5.75 Å². The van der Waals surface area contributed by atoms with Crippen molar-refractivity contribution in [3.8, 4) is 17.1 Å². The van der Waals surface area contributed by atoms with Crippen LogP contribution in [0.25, 0.3) is 11.4 Å². The smallest absolute Gasteiger partial charge is 0.228 e. The van der Waals surface area contributed by atoms with Gasteiger partial charge in [0.05, 0.1) is 7.11 Å². The van der Waals surface area contributed by atoms with Gasteiger partial charge in [-0.3, -0.25) is 0 Å². The van der Waals surface area contributed by atoms with E-state index in [0.29, 0.717) is 17.8 Å². The van der Waals surface area contributed by atoms with Crippen LogP contribution in [0.3, 0.4) is 0 Å². The van der Waals surface area contributed by atoms with Gasteiger partial charge in [-0.1, -0.05) is 5.16 Å². The molecule has 0 amide bonds. The summed E-state index contributed by atoms with van der Waals surface area (Å²) in [6, 6.07) is 8.13. The van der Waals surface area contributed by atoms with Gasteiger partial charge in [-0.2, -0.15) is 4.98 Å². The van der Waals surface area contributed by atoms with Crippen molar-refractivity contribution < 1.29 is 9.26 Å². The highest BCUT2D eigenvalue weighted by Gasteiger charge is 2.18. The Labute approximate surface area is 112 Å². The van der Waals surface area contributed by atoms with Gasteiger partial charge in [-0.05, 0) is 43.7 Å². The molecule has 1 aromatic carbocycles. The van der Waals surface area contributed by atoms with Crippen LogP contribution in [0.4, 0.5) is 0 Å². The van der Waals surface area contributed by atoms with Crippen molar-refractivity contribution in [2.24, 2.45) is 0 Å². The lowest BCUT2D eigenvalue weighted by molar-refractivity contribution is 0.364. The Morgan fingerprint density at radius 2 is 2.21 bits per heavy atom. The fourth-order valence-corrected chi connectivity index (χ4v) is 2.34. The predicted molar refractivity (Wildman–Crippen MR) is 71.0 cm³/mol. The third-order valence-corrected chi connectivity index (χ3v) is 3.40. The Bertz CT molecular complexity index is 530. The molecular weight excluding hydrogens is 242 g/mol. The number of rotatable bonds is 4. The van der Waals surface area contributed by atoms with E-state index < -0.39 is 0 Å². The SMILES string of the molecule is COc1ccc(-c2noc(CC3CCCN3)n2)cc1. The van der Waals surface area contributed by atoms with Crippen molar-refractivity contribution in [3.63, 3.8) is 0 Å². The first-order valence-electron chi connectivity index (χ1n) is 6.55. The van der Waals surface area contributed by atoms with E-state index >= 15 is 0 Å². The first kappa shape index (κ1) is 12.2. The topological polar surface area (TPSA) is 60.2 Å². The van der Waals surface area contributed by atoms with Gasteiger partial charge in [-0.25, -0.2) is 0 Å².